The maximum atomic E-state index is 12.4. The molecule has 1 aliphatic rings. The quantitative estimate of drug-likeness (QED) is 0.815. The lowest BCUT2D eigenvalue weighted by molar-refractivity contribution is -0.123. The van der Waals surface area contributed by atoms with Crippen molar-refractivity contribution in [3.63, 3.8) is 0 Å². The van der Waals surface area contributed by atoms with E-state index in [9.17, 15) is 9.59 Å². The molecule has 0 bridgehead atoms. The minimum Gasteiger partial charge on any atom is -0.369 e. The number of anilines is 1. The van der Waals surface area contributed by atoms with Gasteiger partial charge in [0.2, 0.25) is 11.8 Å². The van der Waals surface area contributed by atoms with E-state index in [2.05, 4.69) is 15.3 Å². The molecule has 0 radical (unpaired) electrons. The van der Waals surface area contributed by atoms with Crippen LogP contribution in [0.15, 0.2) is 30.3 Å². The summed E-state index contributed by atoms with van der Waals surface area (Å²) in [6.07, 6.45) is 1.97. The highest BCUT2D eigenvalue weighted by Gasteiger charge is 2.23. The summed E-state index contributed by atoms with van der Waals surface area (Å²) in [6, 6.07) is 9.86. The van der Waals surface area contributed by atoms with Crippen molar-refractivity contribution in [1.82, 2.24) is 14.7 Å². The molecule has 27 heavy (non-hydrogen) atoms. The van der Waals surface area contributed by atoms with Crippen LogP contribution in [0.4, 0.5) is 5.69 Å². The summed E-state index contributed by atoms with van der Waals surface area (Å²) in [7, 11) is 0. The Hall–Kier alpha value is -2.67. The molecule has 0 spiro atoms. The fourth-order valence-electron chi connectivity index (χ4n) is 3.55. The highest BCUT2D eigenvalue weighted by molar-refractivity contribution is 5.92. The van der Waals surface area contributed by atoms with Gasteiger partial charge in [-0.25, -0.2) is 4.68 Å². The first-order valence-corrected chi connectivity index (χ1v) is 9.39. The van der Waals surface area contributed by atoms with E-state index < -0.39 is 0 Å². The van der Waals surface area contributed by atoms with E-state index in [1.807, 2.05) is 48.9 Å². The zero-order chi connectivity index (χ0) is 19.4. The number of rotatable bonds is 6. The summed E-state index contributed by atoms with van der Waals surface area (Å²) >= 11 is 0. The number of benzene rings is 1. The lowest BCUT2D eigenvalue weighted by Crippen LogP contribution is -2.39. The fraction of sp³-hybridized carbons (Fsp3) is 0.450. The molecule has 0 aliphatic carbocycles. The molecular formula is C20H27N5O2. The zero-order valence-electron chi connectivity index (χ0n) is 15.9. The summed E-state index contributed by atoms with van der Waals surface area (Å²) in [5.74, 6) is -0.260. The minimum atomic E-state index is -0.214. The third-order valence-electron chi connectivity index (χ3n) is 5.20. The number of carbonyl (C=O) groups is 2. The highest BCUT2D eigenvalue weighted by Crippen LogP contribution is 2.23. The van der Waals surface area contributed by atoms with Gasteiger partial charge in [0.15, 0.2) is 0 Å². The number of piperidine rings is 1. The second-order valence-corrected chi connectivity index (χ2v) is 7.11. The molecule has 0 atom stereocenters. The lowest BCUT2D eigenvalue weighted by Gasteiger charge is -2.30. The zero-order valence-corrected chi connectivity index (χ0v) is 15.9. The van der Waals surface area contributed by atoms with Crippen molar-refractivity contribution < 1.29 is 9.59 Å². The minimum absolute atomic E-state index is 0.0224. The molecule has 1 aromatic carbocycles. The van der Waals surface area contributed by atoms with Crippen LogP contribution < -0.4 is 11.1 Å². The third-order valence-corrected chi connectivity index (χ3v) is 5.20. The number of nitrogens with two attached hydrogens (primary N) is 1. The van der Waals surface area contributed by atoms with Crippen molar-refractivity contribution in [2.75, 3.05) is 25.0 Å². The van der Waals surface area contributed by atoms with E-state index in [4.69, 9.17) is 5.73 Å². The standard InChI is InChI=1S/C20H27N5O2/c1-14-19(15(2)25(23-14)17-6-4-3-5-7-17)22-18(26)10-13-24-11-8-16(9-12-24)20(21)27/h3-7,16H,8-13H2,1-2H3,(H2,21,27)(H,22,26). The normalized spacial score (nSPS) is 15.6. The Kier molecular flexibility index (Phi) is 5.91. The smallest absolute Gasteiger partial charge is 0.225 e. The number of hydrogen-bond donors (Lipinski definition) is 2. The number of nitrogens with zero attached hydrogens (tertiary/aromatic N) is 3. The third kappa shape index (κ3) is 4.54. The molecule has 3 N–H and O–H groups in total. The van der Waals surface area contributed by atoms with Crippen LogP contribution in [0.2, 0.25) is 0 Å². The Morgan fingerprint density at radius 3 is 2.48 bits per heavy atom. The number of para-hydroxylation sites is 1. The van der Waals surface area contributed by atoms with Crippen LogP contribution in [-0.4, -0.2) is 46.1 Å². The first-order valence-electron chi connectivity index (χ1n) is 9.39. The molecule has 1 saturated heterocycles. The van der Waals surface area contributed by atoms with Gasteiger partial charge in [-0.3, -0.25) is 9.59 Å². The van der Waals surface area contributed by atoms with Crippen LogP contribution in [0, 0.1) is 19.8 Å². The number of likely N-dealkylation sites (tertiary alicyclic amines) is 1. The molecule has 7 nitrogen and oxygen atoms in total. The number of aryl methyl sites for hydroxylation is 1. The molecule has 7 heteroatoms. The molecule has 2 heterocycles. The Bertz CT molecular complexity index is 807. The van der Waals surface area contributed by atoms with Crippen molar-refractivity contribution in [2.45, 2.75) is 33.1 Å². The molecule has 2 amide bonds. The number of aromatic nitrogens is 2. The van der Waals surface area contributed by atoms with Crippen molar-refractivity contribution in [3.05, 3.63) is 41.7 Å². The Labute approximate surface area is 159 Å². The molecule has 2 aromatic rings. The van der Waals surface area contributed by atoms with Gasteiger partial charge in [-0.2, -0.15) is 5.10 Å². The molecular weight excluding hydrogens is 342 g/mol. The van der Waals surface area contributed by atoms with Crippen LogP contribution in [0.25, 0.3) is 5.69 Å². The summed E-state index contributed by atoms with van der Waals surface area (Å²) < 4.78 is 1.85. The van der Waals surface area contributed by atoms with Crippen LogP contribution in [-0.2, 0) is 9.59 Å². The predicted octanol–water partition coefficient (Wildman–Crippen LogP) is 2.02. The number of primary amides is 1. The van der Waals surface area contributed by atoms with Crippen molar-refractivity contribution in [2.24, 2.45) is 11.7 Å². The highest BCUT2D eigenvalue weighted by atomic mass is 16.2. The summed E-state index contributed by atoms with van der Waals surface area (Å²) in [5, 5.41) is 7.57. The summed E-state index contributed by atoms with van der Waals surface area (Å²) in [5.41, 5.74) is 8.82. The second-order valence-electron chi connectivity index (χ2n) is 7.11. The second kappa shape index (κ2) is 8.35. The predicted molar refractivity (Wildman–Crippen MR) is 105 cm³/mol. The van der Waals surface area contributed by atoms with E-state index in [1.54, 1.807) is 0 Å². The Morgan fingerprint density at radius 2 is 1.85 bits per heavy atom. The number of amides is 2. The van der Waals surface area contributed by atoms with Gasteiger partial charge in [0.25, 0.3) is 0 Å². The molecule has 0 unspecified atom stereocenters. The van der Waals surface area contributed by atoms with Gasteiger partial charge in [-0.15, -0.1) is 0 Å². The van der Waals surface area contributed by atoms with Gasteiger partial charge >= 0.3 is 0 Å². The summed E-state index contributed by atoms with van der Waals surface area (Å²) in [6.45, 7) is 6.16. The monoisotopic (exact) mass is 369 g/mol. The van der Waals surface area contributed by atoms with E-state index >= 15 is 0 Å². The van der Waals surface area contributed by atoms with Gasteiger partial charge in [0, 0.05) is 18.9 Å². The average molecular weight is 369 g/mol. The number of nitrogens with one attached hydrogen (secondary N) is 1. The first-order chi connectivity index (χ1) is 13.0. The van der Waals surface area contributed by atoms with E-state index in [0.717, 1.165) is 48.7 Å². The van der Waals surface area contributed by atoms with Gasteiger partial charge < -0.3 is 16.0 Å². The molecule has 1 fully saturated rings. The average Bonchev–Trinajstić information content (AvgIpc) is 2.95. The van der Waals surface area contributed by atoms with E-state index in [0.29, 0.717) is 13.0 Å². The van der Waals surface area contributed by atoms with Crippen molar-refractivity contribution >= 4 is 17.5 Å². The topological polar surface area (TPSA) is 93.2 Å². The summed E-state index contributed by atoms with van der Waals surface area (Å²) in [4.78, 5) is 25.9. The molecule has 3 rings (SSSR count). The van der Waals surface area contributed by atoms with Crippen LogP contribution in [0.5, 0.6) is 0 Å². The molecule has 1 aromatic heterocycles. The van der Waals surface area contributed by atoms with E-state index in [1.165, 1.54) is 0 Å². The fourth-order valence-corrected chi connectivity index (χ4v) is 3.55. The van der Waals surface area contributed by atoms with Gasteiger partial charge in [0.05, 0.1) is 22.8 Å². The molecule has 0 saturated carbocycles. The maximum absolute atomic E-state index is 12.4. The number of hydrogen-bond acceptors (Lipinski definition) is 4. The Morgan fingerprint density at radius 1 is 1.19 bits per heavy atom. The molecule has 1 aliphatic heterocycles. The molecule has 144 valence electrons. The maximum Gasteiger partial charge on any atom is 0.225 e. The van der Waals surface area contributed by atoms with Crippen LogP contribution >= 0.6 is 0 Å². The van der Waals surface area contributed by atoms with Crippen molar-refractivity contribution in [1.29, 1.82) is 0 Å². The number of carbonyl (C=O) groups excluding carboxylic acids is 2. The van der Waals surface area contributed by atoms with E-state index in [-0.39, 0.29) is 17.7 Å². The van der Waals surface area contributed by atoms with Crippen LogP contribution in [0.3, 0.4) is 0 Å². The van der Waals surface area contributed by atoms with Gasteiger partial charge in [0.1, 0.15) is 0 Å². The largest absolute Gasteiger partial charge is 0.369 e. The Balaban J connectivity index is 1.56. The SMILES string of the molecule is Cc1nn(-c2ccccc2)c(C)c1NC(=O)CCN1CCC(C(N)=O)CC1. The van der Waals surface area contributed by atoms with Crippen LogP contribution in [0.1, 0.15) is 30.7 Å². The van der Waals surface area contributed by atoms with Gasteiger partial charge in [-0.05, 0) is 51.9 Å². The first kappa shape index (κ1) is 19.1. The lowest BCUT2D eigenvalue weighted by atomic mass is 9.96. The van der Waals surface area contributed by atoms with Gasteiger partial charge in [-0.1, -0.05) is 18.2 Å². The van der Waals surface area contributed by atoms with Crippen molar-refractivity contribution in [3.8, 4) is 5.69 Å².